The van der Waals surface area contributed by atoms with E-state index in [-0.39, 0.29) is 23.6 Å². The maximum absolute atomic E-state index is 12.1. The molecule has 0 aromatic heterocycles. The van der Waals surface area contributed by atoms with Gasteiger partial charge in [-0.2, -0.15) is 0 Å². The van der Waals surface area contributed by atoms with E-state index >= 15 is 0 Å². The fourth-order valence-corrected chi connectivity index (χ4v) is 2.20. The highest BCUT2D eigenvalue weighted by molar-refractivity contribution is 5.81. The van der Waals surface area contributed by atoms with Crippen LogP contribution in [0.3, 0.4) is 0 Å². The Labute approximate surface area is 107 Å². The van der Waals surface area contributed by atoms with Crippen LogP contribution in [0.4, 0.5) is 0 Å². The normalized spacial score (nSPS) is 22.1. The first-order valence-corrected chi connectivity index (χ1v) is 6.03. The smallest absolute Gasteiger partial charge is 0.229 e. The predicted molar refractivity (Wildman–Crippen MR) is 69.8 cm³/mol. The van der Waals surface area contributed by atoms with Gasteiger partial charge >= 0.3 is 0 Å². The first kappa shape index (κ1) is 12.6. The number of phenolic OH excluding ortho intramolecular Hbond substituents is 1. The van der Waals surface area contributed by atoms with Crippen molar-refractivity contribution < 1.29 is 9.90 Å². The van der Waals surface area contributed by atoms with Crippen LogP contribution in [0.1, 0.15) is 12.0 Å². The van der Waals surface area contributed by atoms with Crippen molar-refractivity contribution in [3.05, 3.63) is 42.0 Å². The number of amides is 1. The van der Waals surface area contributed by atoms with Gasteiger partial charge in [-0.25, -0.2) is 0 Å². The molecule has 4 nitrogen and oxygen atoms in total. The van der Waals surface area contributed by atoms with Crippen LogP contribution in [-0.2, 0) is 11.3 Å². The number of carbonyl (C=O) groups excluding carboxylic acids is 1. The van der Waals surface area contributed by atoms with Gasteiger partial charge in [-0.05, 0) is 24.1 Å². The fourth-order valence-electron chi connectivity index (χ4n) is 2.20. The van der Waals surface area contributed by atoms with E-state index in [0.29, 0.717) is 13.0 Å². The molecule has 0 saturated heterocycles. The third-order valence-electron chi connectivity index (χ3n) is 3.14. The van der Waals surface area contributed by atoms with Crippen LogP contribution in [0.15, 0.2) is 36.4 Å². The summed E-state index contributed by atoms with van der Waals surface area (Å²) >= 11 is 0. The van der Waals surface area contributed by atoms with Crippen LogP contribution in [0.25, 0.3) is 0 Å². The number of nitrogens with zero attached hydrogens (tertiary/aromatic N) is 1. The first-order chi connectivity index (χ1) is 8.56. The number of nitrogens with two attached hydrogens (primary N) is 1. The minimum absolute atomic E-state index is 0.00637. The second kappa shape index (κ2) is 5.23. The monoisotopic (exact) mass is 246 g/mol. The van der Waals surface area contributed by atoms with Crippen molar-refractivity contribution in [1.82, 2.24) is 4.90 Å². The Balaban J connectivity index is 1.97. The van der Waals surface area contributed by atoms with E-state index in [0.717, 1.165) is 5.56 Å². The zero-order chi connectivity index (χ0) is 13.1. The Kier molecular flexibility index (Phi) is 3.67. The van der Waals surface area contributed by atoms with Gasteiger partial charge in [-0.3, -0.25) is 4.79 Å². The van der Waals surface area contributed by atoms with E-state index in [4.69, 9.17) is 5.73 Å². The maximum atomic E-state index is 12.1. The molecule has 1 aromatic carbocycles. The number of hydrogen-bond acceptors (Lipinski definition) is 3. The van der Waals surface area contributed by atoms with Crippen molar-refractivity contribution in [1.29, 1.82) is 0 Å². The summed E-state index contributed by atoms with van der Waals surface area (Å²) in [6.45, 7) is 0.493. The molecule has 0 heterocycles. The third kappa shape index (κ3) is 2.90. The lowest BCUT2D eigenvalue weighted by molar-refractivity contribution is -0.133. The zero-order valence-electron chi connectivity index (χ0n) is 10.4. The molecule has 0 aliphatic heterocycles. The third-order valence-corrected chi connectivity index (χ3v) is 3.14. The van der Waals surface area contributed by atoms with Crippen molar-refractivity contribution in [3.63, 3.8) is 0 Å². The van der Waals surface area contributed by atoms with Crippen LogP contribution in [0, 0.1) is 5.92 Å². The molecule has 0 radical (unpaired) electrons. The molecule has 18 heavy (non-hydrogen) atoms. The summed E-state index contributed by atoms with van der Waals surface area (Å²) in [5.74, 6) is 0.181. The predicted octanol–water partition coefficient (Wildman–Crippen LogP) is 1.25. The standard InChI is InChI=1S/C14H18N2O2/c1-16(9-10-3-2-4-13(17)7-10)14(18)11-5-6-12(15)8-11/h2-7,11-12,17H,8-9,15H2,1H3. The van der Waals surface area contributed by atoms with Gasteiger partial charge in [0.15, 0.2) is 0 Å². The lowest BCUT2D eigenvalue weighted by Crippen LogP contribution is -2.32. The van der Waals surface area contributed by atoms with Crippen LogP contribution >= 0.6 is 0 Å². The fraction of sp³-hybridized carbons (Fsp3) is 0.357. The lowest BCUT2D eigenvalue weighted by atomic mass is 10.1. The van der Waals surface area contributed by atoms with E-state index in [2.05, 4.69) is 0 Å². The average Bonchev–Trinajstić information content (AvgIpc) is 2.75. The largest absolute Gasteiger partial charge is 0.508 e. The molecule has 1 aliphatic rings. The summed E-state index contributed by atoms with van der Waals surface area (Å²) in [6.07, 6.45) is 4.44. The van der Waals surface area contributed by atoms with E-state index in [9.17, 15) is 9.90 Å². The number of hydrogen-bond donors (Lipinski definition) is 2. The molecule has 2 unspecified atom stereocenters. The highest BCUT2D eigenvalue weighted by atomic mass is 16.3. The molecule has 0 spiro atoms. The van der Waals surface area contributed by atoms with Gasteiger partial charge in [0.25, 0.3) is 0 Å². The lowest BCUT2D eigenvalue weighted by Gasteiger charge is -2.20. The topological polar surface area (TPSA) is 66.6 Å². The van der Waals surface area contributed by atoms with Crippen molar-refractivity contribution >= 4 is 5.91 Å². The number of phenols is 1. The summed E-state index contributed by atoms with van der Waals surface area (Å²) < 4.78 is 0. The summed E-state index contributed by atoms with van der Waals surface area (Å²) in [6, 6.07) is 6.94. The van der Waals surface area contributed by atoms with Gasteiger partial charge in [-0.1, -0.05) is 24.3 Å². The van der Waals surface area contributed by atoms with E-state index < -0.39 is 0 Å². The minimum Gasteiger partial charge on any atom is -0.508 e. The number of carbonyl (C=O) groups is 1. The van der Waals surface area contributed by atoms with Crippen LogP contribution in [0.2, 0.25) is 0 Å². The first-order valence-electron chi connectivity index (χ1n) is 6.03. The Morgan fingerprint density at radius 2 is 2.28 bits per heavy atom. The quantitative estimate of drug-likeness (QED) is 0.789. The van der Waals surface area contributed by atoms with Gasteiger partial charge in [0.2, 0.25) is 5.91 Å². The molecule has 2 atom stereocenters. The SMILES string of the molecule is CN(Cc1cccc(O)c1)C(=O)C1C=CC(N)C1. The van der Waals surface area contributed by atoms with Crippen LogP contribution in [0.5, 0.6) is 5.75 Å². The molecule has 2 rings (SSSR count). The molecule has 0 fully saturated rings. The zero-order valence-corrected chi connectivity index (χ0v) is 10.4. The summed E-state index contributed by atoms with van der Waals surface area (Å²) in [5.41, 5.74) is 6.66. The van der Waals surface area contributed by atoms with Gasteiger partial charge in [-0.15, -0.1) is 0 Å². The van der Waals surface area contributed by atoms with Crippen molar-refractivity contribution in [2.24, 2.45) is 11.7 Å². The Hall–Kier alpha value is -1.81. The second-order valence-electron chi connectivity index (χ2n) is 4.76. The molecule has 1 aromatic rings. The molecule has 1 amide bonds. The summed E-state index contributed by atoms with van der Waals surface area (Å²) in [5, 5.41) is 9.38. The highest BCUT2D eigenvalue weighted by Gasteiger charge is 2.25. The number of rotatable bonds is 3. The van der Waals surface area contributed by atoms with Crippen LogP contribution < -0.4 is 5.73 Å². The van der Waals surface area contributed by atoms with Gasteiger partial charge < -0.3 is 15.7 Å². The molecule has 96 valence electrons. The second-order valence-corrected chi connectivity index (χ2v) is 4.76. The molecular weight excluding hydrogens is 228 g/mol. The van der Waals surface area contributed by atoms with E-state index in [1.165, 1.54) is 0 Å². The Morgan fingerprint density at radius 3 is 2.89 bits per heavy atom. The Bertz CT molecular complexity index is 471. The number of benzene rings is 1. The minimum atomic E-state index is -0.109. The van der Waals surface area contributed by atoms with E-state index in [1.807, 2.05) is 18.2 Å². The van der Waals surface area contributed by atoms with Gasteiger partial charge in [0.05, 0.1) is 5.92 Å². The van der Waals surface area contributed by atoms with Crippen molar-refractivity contribution in [3.8, 4) is 5.75 Å². The molecule has 4 heteroatoms. The van der Waals surface area contributed by atoms with Gasteiger partial charge in [0, 0.05) is 19.6 Å². The Morgan fingerprint density at radius 1 is 1.50 bits per heavy atom. The molecule has 1 aliphatic carbocycles. The summed E-state index contributed by atoms with van der Waals surface area (Å²) in [4.78, 5) is 13.8. The van der Waals surface area contributed by atoms with Crippen molar-refractivity contribution in [2.45, 2.75) is 19.0 Å². The van der Waals surface area contributed by atoms with Gasteiger partial charge in [0.1, 0.15) is 5.75 Å². The molecule has 0 saturated carbocycles. The maximum Gasteiger partial charge on any atom is 0.229 e. The molecular formula is C14H18N2O2. The average molecular weight is 246 g/mol. The number of aromatic hydroxyl groups is 1. The van der Waals surface area contributed by atoms with E-state index in [1.54, 1.807) is 30.1 Å². The molecule has 0 bridgehead atoms. The molecule has 3 N–H and O–H groups in total. The van der Waals surface area contributed by atoms with Crippen molar-refractivity contribution in [2.75, 3.05) is 7.05 Å². The summed E-state index contributed by atoms with van der Waals surface area (Å²) in [7, 11) is 1.77. The van der Waals surface area contributed by atoms with Crippen LogP contribution in [-0.4, -0.2) is 29.0 Å². The highest BCUT2D eigenvalue weighted by Crippen LogP contribution is 2.20.